The number of methoxy groups -OCH3 is 1. The fraction of sp³-hybridized carbons (Fsp3) is 0.188. The molecule has 21 heavy (non-hydrogen) atoms. The number of carbonyl (C=O) groups is 1. The second-order valence-electron chi connectivity index (χ2n) is 5.19. The Labute approximate surface area is 123 Å². The van der Waals surface area contributed by atoms with E-state index in [9.17, 15) is 9.90 Å². The van der Waals surface area contributed by atoms with Crippen LogP contribution in [-0.4, -0.2) is 31.5 Å². The maximum absolute atomic E-state index is 11.6. The van der Waals surface area contributed by atoms with Crippen LogP contribution in [0.15, 0.2) is 30.3 Å². The van der Waals surface area contributed by atoms with Gasteiger partial charge in [-0.3, -0.25) is 0 Å². The van der Waals surface area contributed by atoms with Gasteiger partial charge in [0.1, 0.15) is 24.9 Å². The molecular formula is C16H13BO4. The van der Waals surface area contributed by atoms with Crippen molar-refractivity contribution in [2.24, 2.45) is 0 Å². The Balaban J connectivity index is 2.25. The molecule has 1 N–H and O–H groups in total. The van der Waals surface area contributed by atoms with Crippen LogP contribution in [-0.2, 0) is 4.74 Å². The number of aromatic hydroxyl groups is 1. The molecule has 0 saturated heterocycles. The molecule has 1 atom stereocenters. The lowest BCUT2D eigenvalue weighted by Gasteiger charge is -2.29. The van der Waals surface area contributed by atoms with E-state index in [0.29, 0.717) is 11.1 Å². The van der Waals surface area contributed by atoms with Gasteiger partial charge in [0.15, 0.2) is 0 Å². The van der Waals surface area contributed by atoms with Crippen molar-refractivity contribution in [3.8, 4) is 11.5 Å². The van der Waals surface area contributed by atoms with Crippen LogP contribution in [0.1, 0.15) is 22.8 Å². The molecule has 0 aliphatic carbocycles. The van der Waals surface area contributed by atoms with Gasteiger partial charge in [0.2, 0.25) is 0 Å². The van der Waals surface area contributed by atoms with Crippen molar-refractivity contribution in [2.45, 2.75) is 12.4 Å². The highest BCUT2D eigenvalue weighted by Crippen LogP contribution is 2.39. The lowest BCUT2D eigenvalue weighted by atomic mass is 9.81. The summed E-state index contributed by atoms with van der Waals surface area (Å²) in [6, 6.07) is 6.80. The Morgan fingerprint density at radius 1 is 1.38 bits per heavy atom. The van der Waals surface area contributed by atoms with Crippen LogP contribution in [0.4, 0.5) is 0 Å². The SMILES string of the molecule is [B]C1(C)C=Cc2ccc3cc(C(=O)OC)c(O)cc3c2O1. The summed E-state index contributed by atoms with van der Waals surface area (Å²) in [4.78, 5) is 11.6. The summed E-state index contributed by atoms with van der Waals surface area (Å²) in [6.45, 7) is 1.74. The maximum Gasteiger partial charge on any atom is 0.341 e. The molecule has 1 aliphatic rings. The summed E-state index contributed by atoms with van der Waals surface area (Å²) in [5, 5.41) is 11.5. The topological polar surface area (TPSA) is 55.8 Å². The van der Waals surface area contributed by atoms with Crippen molar-refractivity contribution >= 4 is 30.7 Å². The van der Waals surface area contributed by atoms with Gasteiger partial charge in [-0.05, 0) is 24.4 Å². The molecule has 104 valence electrons. The lowest BCUT2D eigenvalue weighted by Crippen LogP contribution is -2.32. The van der Waals surface area contributed by atoms with Crippen molar-refractivity contribution in [2.75, 3.05) is 7.11 Å². The van der Waals surface area contributed by atoms with E-state index < -0.39 is 11.5 Å². The standard InChI is InChI=1S/C16H13BO4/c1-16(17)6-5-9-3-4-10-7-12(15(19)20-2)13(18)8-11(10)14(9)21-16/h3-8,18H,1-2H3. The van der Waals surface area contributed by atoms with E-state index in [1.807, 2.05) is 18.2 Å². The number of phenols is 1. The molecule has 5 heteroatoms. The zero-order valence-electron chi connectivity index (χ0n) is 11.7. The van der Waals surface area contributed by atoms with E-state index in [4.69, 9.17) is 12.6 Å². The van der Waals surface area contributed by atoms with Crippen LogP contribution in [0.5, 0.6) is 11.5 Å². The van der Waals surface area contributed by atoms with Crippen LogP contribution < -0.4 is 4.74 Å². The predicted octanol–water partition coefficient (Wildman–Crippen LogP) is 2.62. The van der Waals surface area contributed by atoms with Crippen molar-refractivity contribution in [3.63, 3.8) is 0 Å². The molecule has 3 rings (SSSR count). The molecular weight excluding hydrogens is 267 g/mol. The molecule has 0 spiro atoms. The molecule has 4 nitrogen and oxygen atoms in total. The van der Waals surface area contributed by atoms with E-state index in [1.165, 1.54) is 13.2 Å². The Morgan fingerprint density at radius 3 is 2.86 bits per heavy atom. The molecule has 0 fully saturated rings. The Hall–Kier alpha value is -2.43. The van der Waals surface area contributed by atoms with Crippen molar-refractivity contribution in [1.82, 2.24) is 0 Å². The van der Waals surface area contributed by atoms with Crippen LogP contribution >= 0.6 is 0 Å². The van der Waals surface area contributed by atoms with Crippen molar-refractivity contribution in [1.29, 1.82) is 0 Å². The number of carbonyl (C=O) groups excluding carboxylic acids is 1. The number of esters is 1. The molecule has 1 unspecified atom stereocenters. The van der Waals surface area contributed by atoms with Crippen LogP contribution in [0.2, 0.25) is 0 Å². The molecule has 2 radical (unpaired) electrons. The average molecular weight is 280 g/mol. The fourth-order valence-corrected chi connectivity index (χ4v) is 2.38. The lowest BCUT2D eigenvalue weighted by molar-refractivity contribution is 0.0597. The van der Waals surface area contributed by atoms with Crippen LogP contribution in [0, 0.1) is 0 Å². The summed E-state index contributed by atoms with van der Waals surface area (Å²) in [5.41, 5.74) is 0.0835. The van der Waals surface area contributed by atoms with E-state index >= 15 is 0 Å². The van der Waals surface area contributed by atoms with Gasteiger partial charge < -0.3 is 14.6 Å². The number of ether oxygens (including phenoxy) is 2. The number of hydrogen-bond donors (Lipinski definition) is 1. The van der Waals surface area contributed by atoms with Crippen molar-refractivity contribution in [3.05, 3.63) is 41.5 Å². The molecule has 1 heterocycles. The smallest absolute Gasteiger partial charge is 0.341 e. The second-order valence-corrected chi connectivity index (χ2v) is 5.19. The van der Waals surface area contributed by atoms with E-state index in [2.05, 4.69) is 4.74 Å². The normalized spacial score (nSPS) is 19.9. The highest BCUT2D eigenvalue weighted by Gasteiger charge is 2.24. The zero-order chi connectivity index (χ0) is 15.2. The first-order valence-corrected chi connectivity index (χ1v) is 6.46. The molecule has 0 saturated carbocycles. The first-order chi connectivity index (χ1) is 9.91. The average Bonchev–Trinajstić information content (AvgIpc) is 2.45. The Morgan fingerprint density at radius 2 is 2.14 bits per heavy atom. The quantitative estimate of drug-likeness (QED) is 0.644. The van der Waals surface area contributed by atoms with Gasteiger partial charge in [-0.1, -0.05) is 24.3 Å². The molecule has 0 amide bonds. The van der Waals surface area contributed by atoms with Gasteiger partial charge in [0, 0.05) is 10.9 Å². The summed E-state index contributed by atoms with van der Waals surface area (Å²) in [7, 11) is 7.25. The highest BCUT2D eigenvalue weighted by atomic mass is 16.5. The maximum atomic E-state index is 11.6. The van der Waals surface area contributed by atoms with E-state index in [-0.39, 0.29) is 11.3 Å². The number of phenolic OH excluding ortho intramolecular Hbond substituents is 1. The molecule has 2 aromatic carbocycles. The van der Waals surface area contributed by atoms with E-state index in [0.717, 1.165) is 10.9 Å². The number of hydrogen-bond acceptors (Lipinski definition) is 4. The second kappa shape index (κ2) is 4.55. The minimum absolute atomic E-state index is 0.117. The van der Waals surface area contributed by atoms with Crippen LogP contribution in [0.25, 0.3) is 16.8 Å². The minimum atomic E-state index is -0.905. The molecule has 0 aromatic heterocycles. The summed E-state index contributed by atoms with van der Waals surface area (Å²) >= 11 is 0. The third-order valence-electron chi connectivity index (χ3n) is 3.44. The monoisotopic (exact) mass is 280 g/mol. The van der Waals surface area contributed by atoms with Gasteiger partial charge in [-0.25, -0.2) is 4.79 Å². The first kappa shape index (κ1) is 13.6. The van der Waals surface area contributed by atoms with E-state index in [1.54, 1.807) is 19.1 Å². The predicted molar refractivity (Wildman–Crippen MR) is 80.8 cm³/mol. The van der Waals surface area contributed by atoms with Gasteiger partial charge in [-0.2, -0.15) is 0 Å². The number of fused-ring (bicyclic) bond motifs is 3. The minimum Gasteiger partial charge on any atom is -0.507 e. The first-order valence-electron chi connectivity index (χ1n) is 6.46. The number of benzene rings is 2. The third kappa shape index (κ3) is 2.25. The summed E-state index contributed by atoms with van der Waals surface area (Å²) in [6.07, 6.45) is 3.65. The highest BCUT2D eigenvalue weighted by molar-refractivity contribution is 6.17. The Kier molecular flexibility index (Phi) is 2.94. The number of rotatable bonds is 1. The van der Waals surface area contributed by atoms with Gasteiger partial charge in [-0.15, -0.1) is 0 Å². The fourth-order valence-electron chi connectivity index (χ4n) is 2.38. The van der Waals surface area contributed by atoms with Gasteiger partial charge in [0.05, 0.1) is 12.6 Å². The molecule has 2 aromatic rings. The molecule has 1 aliphatic heterocycles. The summed E-state index contributed by atoms with van der Waals surface area (Å²) < 4.78 is 10.4. The van der Waals surface area contributed by atoms with Gasteiger partial charge in [0.25, 0.3) is 0 Å². The van der Waals surface area contributed by atoms with Crippen LogP contribution in [0.3, 0.4) is 0 Å². The third-order valence-corrected chi connectivity index (χ3v) is 3.44. The largest absolute Gasteiger partial charge is 0.507 e. The zero-order valence-corrected chi connectivity index (χ0v) is 11.7. The Bertz CT molecular complexity index is 777. The van der Waals surface area contributed by atoms with Crippen molar-refractivity contribution < 1.29 is 19.4 Å². The molecule has 0 bridgehead atoms. The summed E-state index contributed by atoms with van der Waals surface area (Å²) in [5.74, 6) is -0.150. The van der Waals surface area contributed by atoms with Gasteiger partial charge >= 0.3 is 5.97 Å².